The Balaban J connectivity index is 2.17. The molecule has 0 aliphatic heterocycles. The fraction of sp³-hybridized carbons (Fsp3) is 0.231. The molecule has 88 valence electrons. The quantitative estimate of drug-likeness (QED) is 0.871. The van der Waals surface area contributed by atoms with E-state index in [1.54, 1.807) is 17.0 Å². The van der Waals surface area contributed by atoms with Crippen LogP contribution in [0.3, 0.4) is 0 Å². The van der Waals surface area contributed by atoms with Gasteiger partial charge in [-0.2, -0.15) is 0 Å². The Morgan fingerprint density at radius 1 is 1.35 bits per heavy atom. The Hall–Kier alpha value is -1.42. The van der Waals surface area contributed by atoms with Crippen LogP contribution in [0.4, 0.5) is 0 Å². The van der Waals surface area contributed by atoms with Gasteiger partial charge in [0.05, 0.1) is 0 Å². The third kappa shape index (κ3) is 3.03. The maximum Gasteiger partial charge on any atom is 0.253 e. The van der Waals surface area contributed by atoms with Crippen LogP contribution < -0.4 is 5.56 Å². The largest absolute Gasteiger partial charge is 0.314 e. The summed E-state index contributed by atoms with van der Waals surface area (Å²) in [5.74, 6) is 0. The molecule has 2 aromatic heterocycles. The van der Waals surface area contributed by atoms with E-state index in [2.05, 4.69) is 20.9 Å². The lowest BCUT2D eigenvalue weighted by Gasteiger charge is -2.07. The Kier molecular flexibility index (Phi) is 3.74. The summed E-state index contributed by atoms with van der Waals surface area (Å²) in [6.45, 7) is 2.51. The zero-order valence-corrected chi connectivity index (χ0v) is 11.1. The molecule has 2 heterocycles. The van der Waals surface area contributed by atoms with Gasteiger partial charge in [-0.25, -0.2) is 0 Å². The van der Waals surface area contributed by atoms with E-state index in [1.807, 2.05) is 31.3 Å². The number of nitrogens with zero attached hydrogens (tertiary/aromatic N) is 2. The number of hydrogen-bond donors (Lipinski definition) is 0. The third-order valence-electron chi connectivity index (χ3n) is 2.62. The summed E-state index contributed by atoms with van der Waals surface area (Å²) in [6, 6.07) is 5.77. The molecule has 0 bridgehead atoms. The van der Waals surface area contributed by atoms with Crippen LogP contribution in [0, 0.1) is 6.92 Å². The zero-order chi connectivity index (χ0) is 12.3. The minimum absolute atomic E-state index is 0.0715. The summed E-state index contributed by atoms with van der Waals surface area (Å²) >= 11 is 3.40. The van der Waals surface area contributed by atoms with Crippen molar-refractivity contribution in [3.8, 4) is 0 Å². The van der Waals surface area contributed by atoms with Gasteiger partial charge in [-0.1, -0.05) is 0 Å². The Bertz CT molecular complexity index is 563. The second-order valence-electron chi connectivity index (χ2n) is 3.95. The summed E-state index contributed by atoms with van der Waals surface area (Å²) in [5.41, 5.74) is 2.01. The molecule has 0 fully saturated rings. The minimum atomic E-state index is 0.0715. The highest BCUT2D eigenvalue weighted by Crippen LogP contribution is 2.08. The summed E-state index contributed by atoms with van der Waals surface area (Å²) < 4.78 is 2.67. The molecular formula is C13H13BrN2O. The minimum Gasteiger partial charge on any atom is -0.314 e. The van der Waals surface area contributed by atoms with Gasteiger partial charge in [-0.3, -0.25) is 9.78 Å². The molecule has 2 aromatic rings. The van der Waals surface area contributed by atoms with Crippen LogP contribution in [0.1, 0.15) is 11.1 Å². The smallest absolute Gasteiger partial charge is 0.253 e. The molecule has 0 aliphatic rings. The molecule has 0 unspecified atom stereocenters. The van der Waals surface area contributed by atoms with E-state index in [-0.39, 0.29) is 5.56 Å². The van der Waals surface area contributed by atoms with Gasteiger partial charge in [0, 0.05) is 35.2 Å². The van der Waals surface area contributed by atoms with Crippen molar-refractivity contribution in [1.29, 1.82) is 0 Å². The summed E-state index contributed by atoms with van der Waals surface area (Å²) in [5, 5.41) is 0. The van der Waals surface area contributed by atoms with Gasteiger partial charge < -0.3 is 4.57 Å². The number of pyridine rings is 2. The molecule has 17 heavy (non-hydrogen) atoms. The highest BCUT2D eigenvalue weighted by molar-refractivity contribution is 9.10. The molecule has 0 aliphatic carbocycles. The average Bonchev–Trinajstić information content (AvgIpc) is 2.33. The van der Waals surface area contributed by atoms with Crippen LogP contribution in [-0.2, 0) is 13.0 Å². The molecule has 2 rings (SSSR count). The Morgan fingerprint density at radius 3 is 2.76 bits per heavy atom. The van der Waals surface area contributed by atoms with Gasteiger partial charge in [0.15, 0.2) is 0 Å². The van der Waals surface area contributed by atoms with Gasteiger partial charge in [0.2, 0.25) is 0 Å². The van der Waals surface area contributed by atoms with Crippen LogP contribution in [0.25, 0.3) is 0 Å². The number of halogens is 1. The second-order valence-corrected chi connectivity index (χ2v) is 4.86. The van der Waals surface area contributed by atoms with Crippen LogP contribution in [0.2, 0.25) is 0 Å². The molecule has 4 heteroatoms. The van der Waals surface area contributed by atoms with Gasteiger partial charge in [0.1, 0.15) is 0 Å². The summed E-state index contributed by atoms with van der Waals surface area (Å²) in [4.78, 5) is 15.8. The lowest BCUT2D eigenvalue weighted by molar-refractivity contribution is 0.663. The standard InChI is InChI=1S/C13H13BrN2O/c1-10-8-12(14)9-16(13(10)17)7-4-11-2-5-15-6-3-11/h2-3,5-6,8-9H,4,7H2,1H3. The highest BCUT2D eigenvalue weighted by Gasteiger charge is 2.02. The first-order chi connectivity index (χ1) is 8.16. The first kappa shape index (κ1) is 12.0. The first-order valence-corrected chi connectivity index (χ1v) is 6.21. The molecule has 0 N–H and O–H groups in total. The SMILES string of the molecule is Cc1cc(Br)cn(CCc2ccncc2)c1=O. The predicted octanol–water partition coefficient (Wildman–Crippen LogP) is 2.56. The van der Waals surface area contributed by atoms with Crippen molar-refractivity contribution < 1.29 is 0 Å². The van der Waals surface area contributed by atoms with Gasteiger partial charge >= 0.3 is 0 Å². The van der Waals surface area contributed by atoms with Crippen LogP contribution >= 0.6 is 15.9 Å². The van der Waals surface area contributed by atoms with Crippen molar-refractivity contribution in [2.75, 3.05) is 0 Å². The van der Waals surface area contributed by atoms with Crippen LogP contribution in [0.15, 0.2) is 46.1 Å². The predicted molar refractivity (Wildman–Crippen MR) is 71.1 cm³/mol. The molecular weight excluding hydrogens is 280 g/mol. The number of rotatable bonds is 3. The molecule has 0 saturated heterocycles. The van der Waals surface area contributed by atoms with E-state index < -0.39 is 0 Å². The molecule has 0 saturated carbocycles. The molecule has 0 amide bonds. The van der Waals surface area contributed by atoms with Gasteiger partial charge in [0.25, 0.3) is 5.56 Å². The van der Waals surface area contributed by atoms with Crippen molar-refractivity contribution in [1.82, 2.24) is 9.55 Å². The lowest BCUT2D eigenvalue weighted by Crippen LogP contribution is -2.22. The van der Waals surface area contributed by atoms with Gasteiger partial charge in [-0.05, 0) is 53.0 Å². The van der Waals surface area contributed by atoms with Crippen LogP contribution in [0.5, 0.6) is 0 Å². The van der Waals surface area contributed by atoms with Crippen molar-refractivity contribution in [2.24, 2.45) is 0 Å². The van der Waals surface area contributed by atoms with E-state index in [0.29, 0.717) is 6.54 Å². The van der Waals surface area contributed by atoms with Crippen LogP contribution in [-0.4, -0.2) is 9.55 Å². The van der Waals surface area contributed by atoms with Crippen molar-refractivity contribution in [2.45, 2.75) is 19.9 Å². The fourth-order valence-corrected chi connectivity index (χ4v) is 2.30. The van der Waals surface area contributed by atoms with Crippen molar-refractivity contribution >= 4 is 15.9 Å². The maximum atomic E-state index is 11.9. The number of aromatic nitrogens is 2. The maximum absolute atomic E-state index is 11.9. The van der Waals surface area contributed by atoms with E-state index in [1.165, 1.54) is 5.56 Å². The molecule has 0 atom stereocenters. The average molecular weight is 293 g/mol. The van der Waals surface area contributed by atoms with Gasteiger partial charge in [-0.15, -0.1) is 0 Å². The van der Waals surface area contributed by atoms with E-state index in [9.17, 15) is 4.79 Å². The highest BCUT2D eigenvalue weighted by atomic mass is 79.9. The lowest BCUT2D eigenvalue weighted by atomic mass is 10.2. The second kappa shape index (κ2) is 5.27. The monoisotopic (exact) mass is 292 g/mol. The Morgan fingerprint density at radius 2 is 2.06 bits per heavy atom. The molecule has 0 spiro atoms. The topological polar surface area (TPSA) is 34.9 Å². The molecule has 0 radical (unpaired) electrons. The number of aryl methyl sites for hydroxylation is 3. The molecule has 3 nitrogen and oxygen atoms in total. The molecule has 0 aromatic carbocycles. The fourth-order valence-electron chi connectivity index (χ4n) is 1.70. The van der Waals surface area contributed by atoms with E-state index in [4.69, 9.17) is 0 Å². The number of hydrogen-bond acceptors (Lipinski definition) is 2. The van der Waals surface area contributed by atoms with Crippen molar-refractivity contribution in [3.05, 3.63) is 62.7 Å². The Labute approximate surface area is 108 Å². The van der Waals surface area contributed by atoms with E-state index in [0.717, 1.165) is 16.5 Å². The zero-order valence-electron chi connectivity index (χ0n) is 9.56. The van der Waals surface area contributed by atoms with E-state index >= 15 is 0 Å². The third-order valence-corrected chi connectivity index (χ3v) is 3.06. The summed E-state index contributed by atoms with van der Waals surface area (Å²) in [7, 11) is 0. The normalized spacial score (nSPS) is 10.5. The summed E-state index contributed by atoms with van der Waals surface area (Å²) in [6.07, 6.45) is 6.20. The van der Waals surface area contributed by atoms with Crippen molar-refractivity contribution in [3.63, 3.8) is 0 Å². The first-order valence-electron chi connectivity index (χ1n) is 5.42.